The third kappa shape index (κ3) is 3.70. The zero-order valence-electron chi connectivity index (χ0n) is 12.7. The van der Waals surface area contributed by atoms with Gasteiger partial charge in [-0.05, 0) is 30.3 Å². The first kappa shape index (κ1) is 15.1. The minimum absolute atomic E-state index is 0.223. The van der Waals surface area contributed by atoms with Gasteiger partial charge in [0.15, 0.2) is 0 Å². The predicted octanol–water partition coefficient (Wildman–Crippen LogP) is 3.54. The average Bonchev–Trinajstić information content (AvgIpc) is 3.22. The molecular formula is C18H17NO4. The minimum atomic E-state index is -0.344. The number of carbonyl (C=O) groups is 1. The van der Waals surface area contributed by atoms with E-state index in [1.54, 1.807) is 31.6 Å². The highest BCUT2D eigenvalue weighted by atomic mass is 16.5. The first-order valence-corrected chi connectivity index (χ1v) is 7.27. The van der Waals surface area contributed by atoms with Crippen LogP contribution in [0, 0.1) is 0 Å². The molecule has 5 heteroatoms. The van der Waals surface area contributed by atoms with Crippen molar-refractivity contribution in [2.45, 2.75) is 6.10 Å². The van der Waals surface area contributed by atoms with Crippen LogP contribution >= 0.6 is 0 Å². The van der Waals surface area contributed by atoms with E-state index in [1.165, 1.54) is 6.08 Å². The zero-order chi connectivity index (χ0) is 16.1. The number of amides is 1. The Kier molecular flexibility index (Phi) is 4.59. The average molecular weight is 311 g/mol. The van der Waals surface area contributed by atoms with Crippen LogP contribution in [0.25, 0.3) is 17.0 Å². The van der Waals surface area contributed by atoms with Gasteiger partial charge < -0.3 is 18.9 Å². The summed E-state index contributed by atoms with van der Waals surface area (Å²) >= 11 is 0. The van der Waals surface area contributed by atoms with Crippen molar-refractivity contribution in [2.75, 3.05) is 13.7 Å². The van der Waals surface area contributed by atoms with E-state index in [4.69, 9.17) is 13.6 Å². The van der Waals surface area contributed by atoms with Crippen molar-refractivity contribution >= 4 is 23.0 Å². The summed E-state index contributed by atoms with van der Waals surface area (Å²) in [6.45, 7) is 0.317. The Balaban J connectivity index is 1.62. The van der Waals surface area contributed by atoms with E-state index in [9.17, 15) is 4.79 Å². The van der Waals surface area contributed by atoms with E-state index < -0.39 is 0 Å². The van der Waals surface area contributed by atoms with Crippen LogP contribution in [0.4, 0.5) is 0 Å². The summed E-state index contributed by atoms with van der Waals surface area (Å²) in [6.07, 6.45) is 4.24. The Bertz CT molecular complexity index is 768. The van der Waals surface area contributed by atoms with Gasteiger partial charge in [-0.25, -0.2) is 0 Å². The van der Waals surface area contributed by atoms with E-state index in [2.05, 4.69) is 5.32 Å². The number of furan rings is 2. The number of hydrogen-bond donors (Lipinski definition) is 1. The molecule has 2 aromatic heterocycles. The van der Waals surface area contributed by atoms with Crippen LogP contribution in [0.1, 0.15) is 17.6 Å². The number of methoxy groups -OCH3 is 1. The van der Waals surface area contributed by atoms with E-state index in [-0.39, 0.29) is 12.0 Å². The lowest BCUT2D eigenvalue weighted by Crippen LogP contribution is -2.27. The van der Waals surface area contributed by atoms with Crippen LogP contribution in [0.2, 0.25) is 0 Å². The molecule has 1 atom stereocenters. The largest absolute Gasteiger partial charge is 0.465 e. The summed E-state index contributed by atoms with van der Waals surface area (Å²) in [4.78, 5) is 11.8. The first-order valence-electron chi connectivity index (χ1n) is 7.27. The normalized spacial score (nSPS) is 12.7. The number of carbonyl (C=O) groups excluding carboxylic acids is 1. The van der Waals surface area contributed by atoms with Gasteiger partial charge in [0.1, 0.15) is 23.2 Å². The number of ether oxygens (including phenoxy) is 1. The Morgan fingerprint density at radius 1 is 1.30 bits per heavy atom. The maximum absolute atomic E-state index is 11.8. The number of benzene rings is 1. The molecule has 0 radical (unpaired) electrons. The highest BCUT2D eigenvalue weighted by Gasteiger charge is 2.16. The molecule has 3 rings (SSSR count). The molecule has 1 N–H and O–H groups in total. The molecule has 0 aliphatic heterocycles. The van der Waals surface area contributed by atoms with Crippen molar-refractivity contribution in [3.05, 3.63) is 66.3 Å². The summed E-state index contributed by atoms with van der Waals surface area (Å²) in [5, 5.41) is 3.79. The van der Waals surface area contributed by atoms with Crippen LogP contribution < -0.4 is 5.32 Å². The zero-order valence-corrected chi connectivity index (χ0v) is 12.7. The fraction of sp³-hybridized carbons (Fsp3) is 0.167. The summed E-state index contributed by atoms with van der Waals surface area (Å²) in [7, 11) is 1.59. The second-order valence-corrected chi connectivity index (χ2v) is 5.00. The van der Waals surface area contributed by atoms with E-state index in [0.29, 0.717) is 18.1 Å². The lowest BCUT2D eigenvalue weighted by Gasteiger charge is -2.12. The van der Waals surface area contributed by atoms with E-state index in [1.807, 2.05) is 30.3 Å². The lowest BCUT2D eigenvalue weighted by molar-refractivity contribution is -0.117. The van der Waals surface area contributed by atoms with Gasteiger partial charge in [-0.1, -0.05) is 18.2 Å². The maximum atomic E-state index is 11.8. The second-order valence-electron chi connectivity index (χ2n) is 5.00. The van der Waals surface area contributed by atoms with Gasteiger partial charge in [0.25, 0.3) is 0 Å². The number of hydrogen-bond acceptors (Lipinski definition) is 4. The molecule has 0 saturated heterocycles. The quantitative estimate of drug-likeness (QED) is 0.707. The molecule has 118 valence electrons. The molecule has 1 aromatic carbocycles. The van der Waals surface area contributed by atoms with Gasteiger partial charge in [-0.15, -0.1) is 0 Å². The third-order valence-electron chi connectivity index (χ3n) is 3.45. The molecule has 2 heterocycles. The van der Waals surface area contributed by atoms with Crippen molar-refractivity contribution in [3.8, 4) is 0 Å². The van der Waals surface area contributed by atoms with Gasteiger partial charge in [0, 0.05) is 18.6 Å². The Morgan fingerprint density at radius 3 is 2.91 bits per heavy atom. The molecule has 23 heavy (non-hydrogen) atoms. The van der Waals surface area contributed by atoms with Crippen molar-refractivity contribution in [2.24, 2.45) is 0 Å². The fourth-order valence-electron chi connectivity index (χ4n) is 2.26. The molecule has 3 aromatic rings. The Morgan fingerprint density at radius 2 is 2.17 bits per heavy atom. The monoisotopic (exact) mass is 311 g/mol. The van der Waals surface area contributed by atoms with Crippen molar-refractivity contribution in [1.29, 1.82) is 0 Å². The van der Waals surface area contributed by atoms with Gasteiger partial charge >= 0.3 is 0 Å². The number of nitrogens with one attached hydrogen (secondary N) is 1. The van der Waals surface area contributed by atoms with Gasteiger partial charge in [0.2, 0.25) is 5.91 Å². The third-order valence-corrected chi connectivity index (χ3v) is 3.45. The van der Waals surface area contributed by atoms with Crippen molar-refractivity contribution in [1.82, 2.24) is 5.32 Å². The topological polar surface area (TPSA) is 64.6 Å². The molecule has 1 amide bonds. The smallest absolute Gasteiger partial charge is 0.244 e. The maximum Gasteiger partial charge on any atom is 0.244 e. The van der Waals surface area contributed by atoms with E-state index >= 15 is 0 Å². The van der Waals surface area contributed by atoms with Gasteiger partial charge in [0.05, 0.1) is 12.8 Å². The van der Waals surface area contributed by atoms with Crippen LogP contribution in [0.15, 0.2) is 63.6 Å². The van der Waals surface area contributed by atoms with Crippen molar-refractivity contribution < 1.29 is 18.4 Å². The Hall–Kier alpha value is -2.79. The lowest BCUT2D eigenvalue weighted by atomic mass is 10.2. The minimum Gasteiger partial charge on any atom is -0.465 e. The summed E-state index contributed by atoms with van der Waals surface area (Å²) in [5.74, 6) is 1.09. The standard InChI is InChI=1S/C18H17NO4/c1-21-17(16-11-13-5-2-3-7-15(13)23-16)12-19-18(20)9-8-14-6-4-10-22-14/h2-11,17H,12H2,1H3,(H,19,20)/b9-8+. The molecule has 0 saturated carbocycles. The molecule has 0 aliphatic rings. The number of rotatable bonds is 6. The molecular weight excluding hydrogens is 294 g/mol. The molecule has 0 spiro atoms. The number of fused-ring (bicyclic) bond motifs is 1. The van der Waals surface area contributed by atoms with Gasteiger partial charge in [-0.3, -0.25) is 4.79 Å². The van der Waals surface area contributed by atoms with Crippen LogP contribution in [0.5, 0.6) is 0 Å². The van der Waals surface area contributed by atoms with Crippen LogP contribution in [-0.4, -0.2) is 19.6 Å². The molecule has 1 unspecified atom stereocenters. The molecule has 5 nitrogen and oxygen atoms in total. The second kappa shape index (κ2) is 6.98. The van der Waals surface area contributed by atoms with Crippen LogP contribution in [-0.2, 0) is 9.53 Å². The van der Waals surface area contributed by atoms with E-state index in [0.717, 1.165) is 11.0 Å². The molecule has 0 aliphatic carbocycles. The summed E-state index contributed by atoms with van der Waals surface area (Å²) < 4.78 is 16.3. The van der Waals surface area contributed by atoms with Crippen LogP contribution in [0.3, 0.4) is 0 Å². The predicted molar refractivity (Wildman–Crippen MR) is 86.7 cm³/mol. The number of para-hydroxylation sites is 1. The Labute approximate surface area is 133 Å². The van der Waals surface area contributed by atoms with Crippen molar-refractivity contribution in [3.63, 3.8) is 0 Å². The summed E-state index contributed by atoms with van der Waals surface area (Å²) in [6, 6.07) is 13.2. The van der Waals surface area contributed by atoms with Gasteiger partial charge in [-0.2, -0.15) is 0 Å². The SMILES string of the molecule is COC(CNC(=O)/C=C/c1ccco1)c1cc2ccccc2o1. The highest BCUT2D eigenvalue weighted by molar-refractivity contribution is 5.91. The highest BCUT2D eigenvalue weighted by Crippen LogP contribution is 2.25. The summed E-state index contributed by atoms with van der Waals surface area (Å²) in [5.41, 5.74) is 0.800. The first-order chi connectivity index (χ1) is 11.3. The molecule has 0 fully saturated rings. The molecule has 0 bridgehead atoms. The fourth-order valence-corrected chi connectivity index (χ4v) is 2.26.